The van der Waals surface area contributed by atoms with Crippen LogP contribution < -0.4 is 11.1 Å². The van der Waals surface area contributed by atoms with Gasteiger partial charge in [0.15, 0.2) is 0 Å². The molecule has 1 saturated carbocycles. The average molecular weight is 287 g/mol. The zero-order valence-corrected chi connectivity index (χ0v) is 11.5. The summed E-state index contributed by atoms with van der Waals surface area (Å²) in [7, 11) is 0. The third kappa shape index (κ3) is 2.79. The molecule has 5 heteroatoms. The molecular weight excluding hydrogens is 271 g/mol. The van der Waals surface area contributed by atoms with E-state index in [-0.39, 0.29) is 11.9 Å². The smallest absolute Gasteiger partial charge is 0.254 e. The highest BCUT2D eigenvalue weighted by molar-refractivity contribution is 6.39. The van der Waals surface area contributed by atoms with E-state index in [0.717, 1.165) is 19.3 Å². The maximum atomic E-state index is 12.2. The average Bonchev–Trinajstić information content (AvgIpc) is 2.76. The number of carbonyl (C=O) groups excluding carboxylic acids is 1. The molecular formula is C13H16Cl2N2O. The molecule has 1 aromatic rings. The standard InChI is InChI=1S/C13H16Cl2N2O/c14-9-4-2-5-10(15)12(9)13(18)17-11-6-1-3-8(11)7-16/h2,4-5,8,11H,1,3,6-7,16H2,(H,17,18). The van der Waals surface area contributed by atoms with Gasteiger partial charge in [-0.3, -0.25) is 4.79 Å². The monoisotopic (exact) mass is 286 g/mol. The summed E-state index contributed by atoms with van der Waals surface area (Å²) in [5.74, 6) is 0.145. The Morgan fingerprint density at radius 3 is 2.61 bits per heavy atom. The van der Waals surface area contributed by atoms with E-state index in [4.69, 9.17) is 28.9 Å². The van der Waals surface area contributed by atoms with Crippen LogP contribution in [0.15, 0.2) is 18.2 Å². The Bertz CT molecular complexity index is 430. The van der Waals surface area contributed by atoms with Crippen molar-refractivity contribution < 1.29 is 4.79 Å². The second-order valence-electron chi connectivity index (χ2n) is 4.60. The van der Waals surface area contributed by atoms with E-state index in [1.54, 1.807) is 18.2 Å². The molecule has 1 aliphatic rings. The first-order chi connectivity index (χ1) is 8.63. The third-order valence-corrected chi connectivity index (χ3v) is 4.10. The molecule has 2 rings (SSSR count). The second-order valence-corrected chi connectivity index (χ2v) is 5.42. The number of halogens is 2. The molecule has 98 valence electrons. The fraction of sp³-hybridized carbons (Fsp3) is 0.462. The van der Waals surface area contributed by atoms with Crippen LogP contribution in [-0.4, -0.2) is 18.5 Å². The van der Waals surface area contributed by atoms with Crippen molar-refractivity contribution in [3.63, 3.8) is 0 Å². The minimum Gasteiger partial charge on any atom is -0.349 e. The summed E-state index contributed by atoms with van der Waals surface area (Å²) in [6.45, 7) is 0.598. The van der Waals surface area contributed by atoms with Crippen molar-refractivity contribution in [3.8, 4) is 0 Å². The predicted molar refractivity (Wildman–Crippen MR) is 74.1 cm³/mol. The van der Waals surface area contributed by atoms with Crippen molar-refractivity contribution in [2.24, 2.45) is 11.7 Å². The molecule has 2 unspecified atom stereocenters. The van der Waals surface area contributed by atoms with Crippen LogP contribution in [0.3, 0.4) is 0 Å². The minimum absolute atomic E-state index is 0.134. The van der Waals surface area contributed by atoms with Gasteiger partial charge in [0, 0.05) is 6.04 Å². The molecule has 0 saturated heterocycles. The SMILES string of the molecule is NCC1CCCC1NC(=O)c1c(Cl)cccc1Cl. The maximum absolute atomic E-state index is 12.2. The van der Waals surface area contributed by atoms with Gasteiger partial charge in [-0.25, -0.2) is 0 Å². The van der Waals surface area contributed by atoms with Gasteiger partial charge in [0.1, 0.15) is 0 Å². The molecule has 18 heavy (non-hydrogen) atoms. The number of nitrogens with two attached hydrogens (primary N) is 1. The van der Waals surface area contributed by atoms with E-state index in [0.29, 0.717) is 28.1 Å². The summed E-state index contributed by atoms with van der Waals surface area (Å²) in [5.41, 5.74) is 6.05. The Morgan fingerprint density at radius 1 is 1.33 bits per heavy atom. The molecule has 0 heterocycles. The van der Waals surface area contributed by atoms with Crippen molar-refractivity contribution in [1.82, 2.24) is 5.32 Å². The first-order valence-electron chi connectivity index (χ1n) is 6.08. The molecule has 0 aliphatic heterocycles. The van der Waals surface area contributed by atoms with Gasteiger partial charge in [-0.05, 0) is 37.4 Å². The fourth-order valence-corrected chi connectivity index (χ4v) is 3.03. The van der Waals surface area contributed by atoms with E-state index < -0.39 is 0 Å². The summed E-state index contributed by atoms with van der Waals surface area (Å²) in [6, 6.07) is 5.18. The first-order valence-corrected chi connectivity index (χ1v) is 6.84. The molecule has 0 bridgehead atoms. The summed E-state index contributed by atoms with van der Waals surface area (Å²) in [4.78, 5) is 12.2. The summed E-state index contributed by atoms with van der Waals surface area (Å²) in [5, 5.41) is 3.74. The second kappa shape index (κ2) is 5.91. The van der Waals surface area contributed by atoms with Crippen molar-refractivity contribution in [2.45, 2.75) is 25.3 Å². The van der Waals surface area contributed by atoms with Gasteiger partial charge < -0.3 is 11.1 Å². The van der Waals surface area contributed by atoms with E-state index in [1.165, 1.54) is 0 Å². The van der Waals surface area contributed by atoms with E-state index in [9.17, 15) is 4.79 Å². The largest absolute Gasteiger partial charge is 0.349 e. The fourth-order valence-electron chi connectivity index (χ4n) is 2.46. The lowest BCUT2D eigenvalue weighted by Gasteiger charge is -2.20. The Kier molecular flexibility index (Phi) is 4.49. The molecule has 1 aromatic carbocycles. The van der Waals surface area contributed by atoms with Crippen LogP contribution in [-0.2, 0) is 0 Å². The zero-order valence-electron chi connectivity index (χ0n) is 9.96. The number of rotatable bonds is 3. The molecule has 3 nitrogen and oxygen atoms in total. The van der Waals surface area contributed by atoms with Crippen LogP contribution in [0, 0.1) is 5.92 Å². The summed E-state index contributed by atoms with van der Waals surface area (Å²) < 4.78 is 0. The van der Waals surface area contributed by atoms with Gasteiger partial charge in [0.25, 0.3) is 5.91 Å². The predicted octanol–water partition coefficient (Wildman–Crippen LogP) is 2.85. The number of amides is 1. The van der Waals surface area contributed by atoms with E-state index in [1.807, 2.05) is 0 Å². The van der Waals surface area contributed by atoms with Gasteiger partial charge in [0.05, 0.1) is 15.6 Å². The number of hydrogen-bond donors (Lipinski definition) is 2. The third-order valence-electron chi connectivity index (χ3n) is 3.47. The quantitative estimate of drug-likeness (QED) is 0.898. The van der Waals surface area contributed by atoms with Crippen molar-refractivity contribution in [1.29, 1.82) is 0 Å². The Hall–Kier alpha value is -0.770. The van der Waals surface area contributed by atoms with Crippen LogP contribution >= 0.6 is 23.2 Å². The molecule has 2 atom stereocenters. The van der Waals surface area contributed by atoms with Crippen LogP contribution in [0.1, 0.15) is 29.6 Å². The van der Waals surface area contributed by atoms with Gasteiger partial charge >= 0.3 is 0 Å². The van der Waals surface area contributed by atoms with Crippen LogP contribution in [0.5, 0.6) is 0 Å². The lowest BCUT2D eigenvalue weighted by Crippen LogP contribution is -2.40. The van der Waals surface area contributed by atoms with E-state index in [2.05, 4.69) is 5.32 Å². The van der Waals surface area contributed by atoms with Gasteiger partial charge in [-0.2, -0.15) is 0 Å². The minimum atomic E-state index is -0.212. The number of hydrogen-bond acceptors (Lipinski definition) is 2. The number of benzene rings is 1. The van der Waals surface area contributed by atoms with Crippen LogP contribution in [0.4, 0.5) is 0 Å². The van der Waals surface area contributed by atoms with Gasteiger partial charge in [-0.1, -0.05) is 35.7 Å². The summed E-state index contributed by atoms with van der Waals surface area (Å²) in [6.07, 6.45) is 3.14. The lowest BCUT2D eigenvalue weighted by molar-refractivity contribution is 0.0929. The summed E-state index contributed by atoms with van der Waals surface area (Å²) >= 11 is 12.0. The highest BCUT2D eigenvalue weighted by Gasteiger charge is 2.28. The lowest BCUT2D eigenvalue weighted by atomic mass is 10.0. The molecule has 1 aliphatic carbocycles. The molecule has 0 aromatic heterocycles. The molecule has 1 amide bonds. The van der Waals surface area contributed by atoms with Gasteiger partial charge in [0.2, 0.25) is 0 Å². The Balaban J connectivity index is 2.12. The maximum Gasteiger partial charge on any atom is 0.254 e. The van der Waals surface area contributed by atoms with E-state index >= 15 is 0 Å². The first kappa shape index (κ1) is 13.7. The zero-order chi connectivity index (χ0) is 13.1. The van der Waals surface area contributed by atoms with Crippen molar-refractivity contribution >= 4 is 29.1 Å². The molecule has 1 fully saturated rings. The Labute approximate surface area is 117 Å². The Morgan fingerprint density at radius 2 is 2.00 bits per heavy atom. The molecule has 0 radical (unpaired) electrons. The molecule has 3 N–H and O–H groups in total. The highest BCUT2D eigenvalue weighted by atomic mass is 35.5. The van der Waals surface area contributed by atoms with Crippen molar-refractivity contribution in [3.05, 3.63) is 33.8 Å². The topological polar surface area (TPSA) is 55.1 Å². The van der Waals surface area contributed by atoms with Crippen LogP contribution in [0.25, 0.3) is 0 Å². The number of nitrogens with one attached hydrogen (secondary N) is 1. The number of carbonyl (C=O) groups is 1. The highest BCUT2D eigenvalue weighted by Crippen LogP contribution is 2.27. The van der Waals surface area contributed by atoms with Crippen molar-refractivity contribution in [2.75, 3.05) is 6.54 Å². The van der Waals surface area contributed by atoms with Crippen LogP contribution in [0.2, 0.25) is 10.0 Å². The molecule has 0 spiro atoms. The normalized spacial score (nSPS) is 23.1. The van der Waals surface area contributed by atoms with Gasteiger partial charge in [-0.15, -0.1) is 0 Å².